The zero-order chi connectivity index (χ0) is 23.0. The number of aryl methyl sites for hydroxylation is 1. The van der Waals surface area contributed by atoms with Crippen LogP contribution in [0.1, 0.15) is 25.0 Å². The Balaban J connectivity index is 1.93. The van der Waals surface area contributed by atoms with E-state index >= 15 is 0 Å². The van der Waals surface area contributed by atoms with E-state index in [0.717, 1.165) is 5.56 Å². The molecule has 0 heterocycles. The Bertz CT molecular complexity index is 1010. The minimum absolute atomic E-state index is 0.0819. The highest BCUT2D eigenvalue weighted by Gasteiger charge is 2.22. The molecule has 2 rings (SSSR count). The molecule has 0 saturated carbocycles. The molecule has 0 saturated heterocycles. The summed E-state index contributed by atoms with van der Waals surface area (Å²) in [5, 5.41) is 2.75. The summed E-state index contributed by atoms with van der Waals surface area (Å²) in [6.45, 7) is 5.98. The first-order valence-electron chi connectivity index (χ1n) is 9.96. The van der Waals surface area contributed by atoms with Crippen molar-refractivity contribution in [2.75, 3.05) is 27.4 Å². The molecule has 2 N–H and O–H groups in total. The third-order valence-electron chi connectivity index (χ3n) is 4.64. The van der Waals surface area contributed by atoms with Crippen LogP contribution in [0, 0.1) is 6.92 Å². The first kappa shape index (κ1) is 24.5. The molecule has 0 aliphatic carbocycles. The summed E-state index contributed by atoms with van der Waals surface area (Å²) in [7, 11) is -0.727. The largest absolute Gasteiger partial charge is 0.494 e. The Kier molecular flexibility index (Phi) is 8.70. The van der Waals surface area contributed by atoms with Gasteiger partial charge in [0.1, 0.15) is 5.75 Å². The van der Waals surface area contributed by atoms with E-state index in [0.29, 0.717) is 42.4 Å². The van der Waals surface area contributed by atoms with Gasteiger partial charge in [-0.1, -0.05) is 6.07 Å². The van der Waals surface area contributed by atoms with Crippen LogP contribution in [0.3, 0.4) is 0 Å². The van der Waals surface area contributed by atoms with Crippen LogP contribution in [-0.4, -0.2) is 47.7 Å². The van der Waals surface area contributed by atoms with E-state index in [1.54, 1.807) is 33.3 Å². The van der Waals surface area contributed by atoms with Crippen LogP contribution >= 0.6 is 0 Å². The normalized spacial score (nSPS) is 12.2. The number of amides is 1. The third kappa shape index (κ3) is 6.60. The highest BCUT2D eigenvalue weighted by Crippen LogP contribution is 2.27. The van der Waals surface area contributed by atoms with Gasteiger partial charge in [-0.25, -0.2) is 8.42 Å². The average Bonchev–Trinajstić information content (AvgIpc) is 2.74. The number of hydrogen-bond donors (Lipinski definition) is 2. The maximum absolute atomic E-state index is 12.6. The fraction of sp³-hybridized carbons (Fsp3) is 0.409. The van der Waals surface area contributed by atoms with Gasteiger partial charge < -0.3 is 19.5 Å². The minimum atomic E-state index is -3.85. The molecule has 0 aromatic heterocycles. The van der Waals surface area contributed by atoms with Crippen molar-refractivity contribution in [3.05, 3.63) is 47.5 Å². The Morgan fingerprint density at radius 2 is 1.71 bits per heavy atom. The van der Waals surface area contributed by atoms with Crippen LogP contribution < -0.4 is 24.2 Å². The van der Waals surface area contributed by atoms with Gasteiger partial charge in [0.25, 0.3) is 0 Å². The van der Waals surface area contributed by atoms with Crippen molar-refractivity contribution >= 4 is 15.9 Å². The number of nitrogens with one attached hydrogen (secondary N) is 2. The molecule has 0 bridgehead atoms. The molecule has 2 aromatic carbocycles. The quantitative estimate of drug-likeness (QED) is 0.545. The Labute approximate surface area is 184 Å². The molecule has 0 radical (unpaired) electrons. The highest BCUT2D eigenvalue weighted by molar-refractivity contribution is 7.89. The molecule has 0 unspecified atom stereocenters. The lowest BCUT2D eigenvalue weighted by atomic mass is 10.1. The Hall–Kier alpha value is -2.78. The molecule has 2 aromatic rings. The van der Waals surface area contributed by atoms with E-state index in [1.807, 2.05) is 19.1 Å². The smallest absolute Gasteiger partial charge is 0.241 e. The second kappa shape index (κ2) is 11.0. The number of rotatable bonds is 11. The van der Waals surface area contributed by atoms with E-state index in [-0.39, 0.29) is 4.90 Å². The molecule has 9 heteroatoms. The fourth-order valence-corrected chi connectivity index (χ4v) is 4.27. The number of carbonyl (C=O) groups excluding carboxylic acids is 1. The predicted molar refractivity (Wildman–Crippen MR) is 118 cm³/mol. The summed E-state index contributed by atoms with van der Waals surface area (Å²) in [5.74, 6) is 1.45. The lowest BCUT2D eigenvalue weighted by Crippen LogP contribution is -2.45. The Morgan fingerprint density at radius 3 is 2.32 bits per heavy atom. The summed E-state index contributed by atoms with van der Waals surface area (Å²) >= 11 is 0. The zero-order valence-corrected chi connectivity index (χ0v) is 19.3. The molecule has 31 heavy (non-hydrogen) atoms. The van der Waals surface area contributed by atoms with Crippen molar-refractivity contribution in [1.82, 2.24) is 10.0 Å². The van der Waals surface area contributed by atoms with Crippen LogP contribution in [0.2, 0.25) is 0 Å². The third-order valence-corrected chi connectivity index (χ3v) is 6.18. The summed E-state index contributed by atoms with van der Waals surface area (Å²) in [6, 6.07) is 9.19. The van der Waals surface area contributed by atoms with Crippen LogP contribution in [-0.2, 0) is 21.2 Å². The van der Waals surface area contributed by atoms with Gasteiger partial charge in [0.15, 0.2) is 11.5 Å². The molecule has 170 valence electrons. The van der Waals surface area contributed by atoms with Crippen molar-refractivity contribution in [2.45, 2.75) is 38.1 Å². The van der Waals surface area contributed by atoms with Crippen LogP contribution in [0.25, 0.3) is 0 Å². The van der Waals surface area contributed by atoms with Gasteiger partial charge in [0, 0.05) is 6.54 Å². The molecule has 0 spiro atoms. The Morgan fingerprint density at radius 1 is 1.03 bits per heavy atom. The van der Waals surface area contributed by atoms with Crippen molar-refractivity contribution in [2.24, 2.45) is 0 Å². The lowest BCUT2D eigenvalue weighted by Gasteiger charge is -2.16. The van der Waals surface area contributed by atoms with Gasteiger partial charge in [0.05, 0.1) is 31.8 Å². The maximum Gasteiger partial charge on any atom is 0.241 e. The highest BCUT2D eigenvalue weighted by atomic mass is 32.2. The van der Waals surface area contributed by atoms with E-state index in [1.165, 1.54) is 19.1 Å². The van der Waals surface area contributed by atoms with E-state index in [4.69, 9.17) is 14.2 Å². The molecular weight excluding hydrogens is 420 g/mol. The van der Waals surface area contributed by atoms with Crippen molar-refractivity contribution in [1.29, 1.82) is 0 Å². The SMILES string of the molecule is CCOc1ccc(S(=O)(=O)N[C@@H](C)C(=O)NCCc2ccc(OC)c(OC)c2)cc1C. The number of hydrogen-bond acceptors (Lipinski definition) is 6. The van der Waals surface area contributed by atoms with Crippen LogP contribution in [0.15, 0.2) is 41.3 Å². The molecule has 1 amide bonds. The molecule has 1 atom stereocenters. The van der Waals surface area contributed by atoms with Crippen LogP contribution in [0.5, 0.6) is 17.2 Å². The zero-order valence-electron chi connectivity index (χ0n) is 18.5. The van der Waals surface area contributed by atoms with E-state index in [2.05, 4.69) is 10.0 Å². The number of ether oxygens (including phenoxy) is 3. The van der Waals surface area contributed by atoms with E-state index < -0.39 is 22.0 Å². The van der Waals surface area contributed by atoms with Gasteiger partial charge in [-0.2, -0.15) is 4.72 Å². The van der Waals surface area contributed by atoms with Crippen molar-refractivity contribution in [3.63, 3.8) is 0 Å². The summed E-state index contributed by atoms with van der Waals surface area (Å²) in [4.78, 5) is 12.5. The predicted octanol–water partition coefficient (Wildman–Crippen LogP) is 2.44. The number of methoxy groups -OCH3 is 2. The van der Waals surface area contributed by atoms with Gasteiger partial charge in [0.2, 0.25) is 15.9 Å². The topological polar surface area (TPSA) is 103 Å². The second-order valence-corrected chi connectivity index (χ2v) is 8.65. The van der Waals surface area contributed by atoms with Gasteiger partial charge >= 0.3 is 0 Å². The first-order valence-corrected chi connectivity index (χ1v) is 11.4. The summed E-state index contributed by atoms with van der Waals surface area (Å²) < 4.78 is 43.6. The lowest BCUT2D eigenvalue weighted by molar-refractivity contribution is -0.122. The number of benzene rings is 2. The maximum atomic E-state index is 12.6. The van der Waals surface area contributed by atoms with Crippen LogP contribution in [0.4, 0.5) is 0 Å². The molecule has 0 aliphatic rings. The van der Waals surface area contributed by atoms with Gasteiger partial charge in [-0.05, 0) is 68.7 Å². The molecular formula is C22H30N2O6S. The number of sulfonamides is 1. The first-order chi connectivity index (χ1) is 14.7. The summed E-state index contributed by atoms with van der Waals surface area (Å²) in [5.41, 5.74) is 1.66. The van der Waals surface area contributed by atoms with Crippen molar-refractivity contribution in [3.8, 4) is 17.2 Å². The van der Waals surface area contributed by atoms with Gasteiger partial charge in [-0.15, -0.1) is 0 Å². The van der Waals surface area contributed by atoms with E-state index in [9.17, 15) is 13.2 Å². The monoisotopic (exact) mass is 450 g/mol. The van der Waals surface area contributed by atoms with Gasteiger partial charge in [-0.3, -0.25) is 4.79 Å². The standard InChI is InChI=1S/C22H30N2O6S/c1-6-30-19-10-8-18(13-15(19)2)31(26,27)24-16(3)22(25)23-12-11-17-7-9-20(28-4)21(14-17)29-5/h7-10,13-14,16,24H,6,11-12H2,1-5H3,(H,23,25)/t16-/m0/s1. The number of carbonyl (C=O) groups is 1. The average molecular weight is 451 g/mol. The molecule has 0 aliphatic heterocycles. The second-order valence-electron chi connectivity index (χ2n) is 6.93. The summed E-state index contributed by atoms with van der Waals surface area (Å²) in [6.07, 6.45) is 0.559. The fourth-order valence-electron chi connectivity index (χ4n) is 2.98. The van der Waals surface area contributed by atoms with Crippen molar-refractivity contribution < 1.29 is 27.4 Å². The molecule has 0 fully saturated rings. The molecule has 8 nitrogen and oxygen atoms in total. The minimum Gasteiger partial charge on any atom is -0.494 e.